The molecule has 1 amide bonds. The number of carbonyl (C=O) groups is 1. The van der Waals surface area contributed by atoms with E-state index in [0.29, 0.717) is 67.5 Å². The molecule has 2 bridgehead atoms. The van der Waals surface area contributed by atoms with Gasteiger partial charge in [-0.3, -0.25) is 9.78 Å². The van der Waals surface area contributed by atoms with Gasteiger partial charge in [0, 0.05) is 63.6 Å². The van der Waals surface area contributed by atoms with E-state index >= 15 is 8.78 Å². The minimum Gasteiger partial charge on any atom is -0.383 e. The zero-order chi connectivity index (χ0) is 30.9. The Balaban J connectivity index is 1.48. The fraction of sp³-hybridized carbons (Fsp3) is 0.344. The summed E-state index contributed by atoms with van der Waals surface area (Å²) in [5.41, 5.74) is 1.54. The third-order valence-electron chi connectivity index (χ3n) is 8.82. The minimum atomic E-state index is -0.731. The lowest BCUT2D eigenvalue weighted by Crippen LogP contribution is -2.73. The van der Waals surface area contributed by atoms with Gasteiger partial charge in [0.05, 0.1) is 28.0 Å². The van der Waals surface area contributed by atoms with Crippen LogP contribution in [0.15, 0.2) is 54.0 Å². The first-order chi connectivity index (χ1) is 21.1. The summed E-state index contributed by atoms with van der Waals surface area (Å²) in [5, 5.41) is 3.58. The number of halogens is 2. The number of nitrogens with zero attached hydrogens (tertiary/aromatic N) is 7. The van der Waals surface area contributed by atoms with Crippen molar-refractivity contribution in [3.8, 4) is 16.9 Å². The van der Waals surface area contributed by atoms with Gasteiger partial charge in [0.1, 0.15) is 17.3 Å². The Bertz CT molecular complexity index is 1910. The third kappa shape index (κ3) is 4.22. The fourth-order valence-corrected chi connectivity index (χ4v) is 6.70. The van der Waals surface area contributed by atoms with Gasteiger partial charge >= 0.3 is 5.69 Å². The van der Waals surface area contributed by atoms with Gasteiger partial charge in [0.15, 0.2) is 11.5 Å². The average Bonchev–Trinajstić information content (AvgIpc) is 2.95. The molecule has 0 aliphatic carbocycles. The summed E-state index contributed by atoms with van der Waals surface area (Å²) >= 11 is 0. The van der Waals surface area contributed by atoms with E-state index < -0.39 is 17.3 Å². The molecule has 0 atom stereocenters. The van der Waals surface area contributed by atoms with Crippen LogP contribution in [0.1, 0.15) is 25.5 Å². The van der Waals surface area contributed by atoms with Crippen molar-refractivity contribution >= 4 is 34.1 Å². The highest BCUT2D eigenvalue weighted by Crippen LogP contribution is 2.44. The lowest BCUT2D eigenvalue weighted by atomic mass is 9.72. The fourth-order valence-electron chi connectivity index (χ4n) is 6.70. The van der Waals surface area contributed by atoms with E-state index in [-0.39, 0.29) is 34.1 Å². The average molecular weight is 599 g/mol. The number of pyridine rings is 2. The normalized spacial score (nSPS) is 16.9. The zero-order valence-corrected chi connectivity index (χ0v) is 24.8. The molecule has 7 rings (SSSR count). The number of hydrogen-bond acceptors (Lipinski definition) is 8. The second-order valence-corrected chi connectivity index (χ2v) is 12.2. The molecular formula is C32H32F2N8O2. The summed E-state index contributed by atoms with van der Waals surface area (Å²) in [7, 11) is 1.91. The second kappa shape index (κ2) is 10.1. The summed E-state index contributed by atoms with van der Waals surface area (Å²) in [5.74, 6) is -1.24. The number of carbonyl (C=O) groups excluding carboxylic acids is 1. The molecule has 6 heterocycles. The van der Waals surface area contributed by atoms with Gasteiger partial charge in [-0.25, -0.2) is 23.1 Å². The molecule has 3 aliphatic heterocycles. The monoisotopic (exact) mass is 598 g/mol. The predicted molar refractivity (Wildman–Crippen MR) is 166 cm³/mol. The van der Waals surface area contributed by atoms with E-state index in [4.69, 9.17) is 4.98 Å². The van der Waals surface area contributed by atoms with Crippen molar-refractivity contribution in [1.82, 2.24) is 24.4 Å². The van der Waals surface area contributed by atoms with Crippen LogP contribution in [-0.2, 0) is 4.79 Å². The van der Waals surface area contributed by atoms with Crippen LogP contribution < -0.4 is 20.8 Å². The van der Waals surface area contributed by atoms with E-state index in [1.54, 1.807) is 23.2 Å². The van der Waals surface area contributed by atoms with Crippen LogP contribution in [0, 0.1) is 17.0 Å². The number of nitrogens with one attached hydrogen (secondary N) is 1. The van der Waals surface area contributed by atoms with Crippen molar-refractivity contribution in [2.45, 2.75) is 19.8 Å². The Labute approximate surface area is 252 Å². The zero-order valence-electron chi connectivity index (χ0n) is 24.8. The molecular weight excluding hydrogens is 566 g/mol. The van der Waals surface area contributed by atoms with Crippen LogP contribution in [-0.4, -0.2) is 76.6 Å². The Morgan fingerprint density at radius 2 is 1.89 bits per heavy atom. The maximum Gasteiger partial charge on any atom is 0.355 e. The van der Waals surface area contributed by atoms with Crippen molar-refractivity contribution in [2.75, 3.05) is 61.4 Å². The number of rotatable bonds is 3. The molecule has 226 valence electrons. The quantitative estimate of drug-likeness (QED) is 0.354. The Hall–Kier alpha value is -4.87. The van der Waals surface area contributed by atoms with Gasteiger partial charge in [0.2, 0.25) is 5.91 Å². The van der Waals surface area contributed by atoms with Crippen molar-refractivity contribution in [3.63, 3.8) is 0 Å². The molecule has 44 heavy (non-hydrogen) atoms. The van der Waals surface area contributed by atoms with E-state index in [9.17, 15) is 9.59 Å². The summed E-state index contributed by atoms with van der Waals surface area (Å²) in [6.07, 6.45) is 3.01. The van der Waals surface area contributed by atoms with E-state index in [1.165, 1.54) is 22.8 Å². The smallest absolute Gasteiger partial charge is 0.355 e. The number of anilines is 3. The van der Waals surface area contributed by atoms with Crippen LogP contribution in [0.4, 0.5) is 26.0 Å². The van der Waals surface area contributed by atoms with Crippen LogP contribution in [0.3, 0.4) is 0 Å². The first-order valence-electron chi connectivity index (χ1n) is 14.6. The number of likely N-dealkylation sites (tertiary alicyclic amines) is 1. The Morgan fingerprint density at radius 1 is 1.11 bits per heavy atom. The standard InChI is InChI=1S/C32H32F2N8O2/c1-5-24(43)40-14-32(15-40)16-41(17-32)29-19-13-21(34)27-25-20(33)7-6-8-22(25)35-11-12-39(4)23-9-10-36-26(18(2)3)28(23)42(30(19)37-27)31(44)38-29/h5-10,13,18,35H,1,11-12,14-17H2,2-4H3. The molecule has 2 fully saturated rings. The lowest BCUT2D eigenvalue weighted by Gasteiger charge is -2.60. The predicted octanol–water partition coefficient (Wildman–Crippen LogP) is 3.94. The third-order valence-corrected chi connectivity index (χ3v) is 8.82. The van der Waals surface area contributed by atoms with Crippen LogP contribution in [0.5, 0.6) is 0 Å². The largest absolute Gasteiger partial charge is 0.383 e. The maximum absolute atomic E-state index is 16.1. The Morgan fingerprint density at radius 3 is 2.61 bits per heavy atom. The van der Waals surface area contributed by atoms with Crippen LogP contribution >= 0.6 is 0 Å². The summed E-state index contributed by atoms with van der Waals surface area (Å²) in [4.78, 5) is 45.7. The topological polar surface area (TPSA) is 99.5 Å². The number of aromatic nitrogens is 4. The van der Waals surface area contributed by atoms with E-state index in [1.807, 2.05) is 36.8 Å². The van der Waals surface area contributed by atoms with Crippen molar-refractivity contribution in [1.29, 1.82) is 0 Å². The van der Waals surface area contributed by atoms with Crippen molar-refractivity contribution < 1.29 is 13.6 Å². The van der Waals surface area contributed by atoms with Gasteiger partial charge in [-0.15, -0.1) is 0 Å². The molecule has 2 saturated heterocycles. The first kappa shape index (κ1) is 27.9. The maximum atomic E-state index is 16.1. The second-order valence-electron chi connectivity index (χ2n) is 12.2. The number of likely N-dealkylation sites (N-methyl/N-ethyl adjacent to an activating group) is 1. The molecule has 4 aromatic rings. The molecule has 0 saturated carbocycles. The highest BCUT2D eigenvalue weighted by Gasteiger charge is 2.53. The SMILES string of the molecule is C=CC(=O)N1CC2(C1)CN(c1nc(=O)n3c4nc(c(F)cc14)-c1c(F)cccc1NCCN(C)c1ccnc(C(C)C)c1-3)C2. The molecule has 1 spiro atoms. The first-order valence-corrected chi connectivity index (χ1v) is 14.6. The number of amides is 1. The van der Waals surface area contributed by atoms with Gasteiger partial charge in [-0.05, 0) is 36.3 Å². The molecule has 0 radical (unpaired) electrons. The van der Waals surface area contributed by atoms with E-state index in [2.05, 4.69) is 21.9 Å². The van der Waals surface area contributed by atoms with Crippen LogP contribution in [0.2, 0.25) is 0 Å². The highest BCUT2D eigenvalue weighted by atomic mass is 19.1. The van der Waals surface area contributed by atoms with Crippen molar-refractivity contribution in [2.24, 2.45) is 5.41 Å². The van der Waals surface area contributed by atoms with E-state index in [0.717, 1.165) is 5.69 Å². The van der Waals surface area contributed by atoms with Crippen LogP contribution in [0.25, 0.3) is 28.0 Å². The molecule has 12 heteroatoms. The molecule has 0 unspecified atom stereocenters. The number of fused-ring (bicyclic) bond motifs is 5. The van der Waals surface area contributed by atoms with Gasteiger partial charge in [0.25, 0.3) is 0 Å². The van der Waals surface area contributed by atoms with Gasteiger partial charge in [-0.1, -0.05) is 26.5 Å². The molecule has 1 aromatic carbocycles. The molecule has 10 nitrogen and oxygen atoms in total. The van der Waals surface area contributed by atoms with Crippen molar-refractivity contribution in [3.05, 3.63) is 77.0 Å². The summed E-state index contributed by atoms with van der Waals surface area (Å²) in [6, 6.07) is 7.65. The van der Waals surface area contributed by atoms with Gasteiger partial charge < -0.3 is 20.0 Å². The number of benzene rings is 1. The minimum absolute atomic E-state index is 0.00710. The Kier molecular flexibility index (Phi) is 6.41. The number of hydrogen-bond donors (Lipinski definition) is 1. The molecule has 3 aliphatic rings. The highest BCUT2D eigenvalue weighted by molar-refractivity contribution is 5.93. The molecule has 1 N–H and O–H groups in total. The van der Waals surface area contributed by atoms with Gasteiger partial charge in [-0.2, -0.15) is 4.98 Å². The molecule has 3 aromatic heterocycles. The summed E-state index contributed by atoms with van der Waals surface area (Å²) in [6.45, 7) is 10.7. The lowest BCUT2D eigenvalue weighted by molar-refractivity contribution is -0.139. The summed E-state index contributed by atoms with van der Waals surface area (Å²) < 4.78 is 32.9.